The number of hydrogen-bond acceptors (Lipinski definition) is 5. The molecular weight excluding hydrogens is 527 g/mol. The van der Waals surface area contributed by atoms with Crippen molar-refractivity contribution in [1.29, 1.82) is 0 Å². The van der Waals surface area contributed by atoms with Crippen LogP contribution in [-0.2, 0) is 30.8 Å². The molecule has 1 heterocycles. The molecule has 0 saturated carbocycles. The van der Waals surface area contributed by atoms with Gasteiger partial charge in [0.25, 0.3) is 0 Å². The molecule has 0 bridgehead atoms. The van der Waals surface area contributed by atoms with Gasteiger partial charge >= 0.3 is 5.97 Å². The first-order valence-corrected chi connectivity index (χ1v) is 13.6. The number of aliphatic carboxylic acids is 1. The highest BCUT2D eigenvalue weighted by atomic mass is 35.5. The number of hydrogen-bond donors (Lipinski definition) is 1. The summed E-state index contributed by atoms with van der Waals surface area (Å²) >= 11 is 12.4. The van der Waals surface area contributed by atoms with Crippen molar-refractivity contribution in [2.75, 3.05) is 6.61 Å². The molecule has 1 N–H and O–H groups in total. The van der Waals surface area contributed by atoms with E-state index in [1.165, 1.54) is 0 Å². The van der Waals surface area contributed by atoms with E-state index in [0.29, 0.717) is 48.0 Å². The van der Waals surface area contributed by atoms with Crippen LogP contribution in [0.25, 0.3) is 0 Å². The van der Waals surface area contributed by atoms with Crippen molar-refractivity contribution in [3.63, 3.8) is 0 Å². The van der Waals surface area contributed by atoms with E-state index in [4.69, 9.17) is 42.5 Å². The lowest BCUT2D eigenvalue weighted by Gasteiger charge is -2.16. The lowest BCUT2D eigenvalue weighted by molar-refractivity contribution is -0.137. The fraction of sp³-hybridized carbons (Fsp3) is 0.448. The topological polar surface area (TPSA) is 82.8 Å². The van der Waals surface area contributed by atoms with E-state index in [9.17, 15) is 4.79 Å². The van der Waals surface area contributed by atoms with E-state index in [1.807, 2.05) is 48.9 Å². The molecule has 0 unspecified atom stereocenters. The minimum absolute atomic E-state index is 0.0451. The minimum Gasteiger partial charge on any atom is -0.491 e. The third kappa shape index (κ3) is 9.44. The SMILES string of the molecule is CC(C)Cn1nc(OCCCc2ccc(OC(C)C)cc2OCc2ccc(Cl)cc2Cl)cc1CCC(=O)O. The molecule has 38 heavy (non-hydrogen) atoms. The monoisotopic (exact) mass is 562 g/mol. The Bertz CT molecular complexity index is 1210. The lowest BCUT2D eigenvalue weighted by Crippen LogP contribution is -2.11. The van der Waals surface area contributed by atoms with E-state index in [2.05, 4.69) is 18.9 Å². The van der Waals surface area contributed by atoms with Gasteiger partial charge in [0.2, 0.25) is 5.88 Å². The summed E-state index contributed by atoms with van der Waals surface area (Å²) in [4.78, 5) is 11.0. The van der Waals surface area contributed by atoms with Gasteiger partial charge in [-0.25, -0.2) is 0 Å². The average molecular weight is 564 g/mol. The number of carboxylic acid groups (broad SMARTS) is 1. The van der Waals surface area contributed by atoms with Crippen LogP contribution in [0.1, 0.15) is 57.4 Å². The molecule has 2 aromatic carbocycles. The Morgan fingerprint density at radius 3 is 2.45 bits per heavy atom. The van der Waals surface area contributed by atoms with Gasteiger partial charge in [-0.2, -0.15) is 0 Å². The van der Waals surface area contributed by atoms with Gasteiger partial charge in [-0.3, -0.25) is 9.48 Å². The fourth-order valence-corrected chi connectivity index (χ4v) is 4.36. The van der Waals surface area contributed by atoms with Crippen molar-refractivity contribution >= 4 is 29.2 Å². The third-order valence-corrected chi connectivity index (χ3v) is 6.21. The van der Waals surface area contributed by atoms with Crippen LogP contribution in [-0.4, -0.2) is 33.6 Å². The van der Waals surface area contributed by atoms with E-state index < -0.39 is 5.97 Å². The van der Waals surface area contributed by atoms with Gasteiger partial charge in [0.1, 0.15) is 18.1 Å². The number of carboxylic acids is 1. The van der Waals surface area contributed by atoms with Crippen molar-refractivity contribution in [2.45, 2.75) is 72.6 Å². The first-order valence-electron chi connectivity index (χ1n) is 12.9. The summed E-state index contributed by atoms with van der Waals surface area (Å²) in [7, 11) is 0. The largest absolute Gasteiger partial charge is 0.491 e. The molecule has 0 radical (unpaired) electrons. The normalized spacial score (nSPS) is 11.3. The molecule has 206 valence electrons. The van der Waals surface area contributed by atoms with E-state index in [1.54, 1.807) is 12.1 Å². The lowest BCUT2D eigenvalue weighted by atomic mass is 10.1. The van der Waals surface area contributed by atoms with Gasteiger partial charge in [0.15, 0.2) is 0 Å². The summed E-state index contributed by atoms with van der Waals surface area (Å²) < 4.78 is 19.8. The van der Waals surface area contributed by atoms with Crippen LogP contribution < -0.4 is 14.2 Å². The summed E-state index contributed by atoms with van der Waals surface area (Å²) in [5, 5.41) is 14.7. The summed E-state index contributed by atoms with van der Waals surface area (Å²) in [5.74, 6) is 1.54. The molecule has 3 aromatic rings. The predicted molar refractivity (Wildman–Crippen MR) is 150 cm³/mol. The van der Waals surface area contributed by atoms with Crippen molar-refractivity contribution in [1.82, 2.24) is 9.78 Å². The zero-order chi connectivity index (χ0) is 27.7. The maximum atomic E-state index is 11.0. The number of ether oxygens (including phenoxy) is 3. The number of carbonyl (C=O) groups is 1. The second-order valence-corrected chi connectivity index (χ2v) is 10.7. The number of nitrogens with zero attached hydrogens (tertiary/aromatic N) is 2. The van der Waals surface area contributed by atoms with Gasteiger partial charge in [-0.05, 0) is 62.8 Å². The molecule has 0 spiro atoms. The van der Waals surface area contributed by atoms with Crippen molar-refractivity contribution in [3.05, 3.63) is 69.3 Å². The molecule has 0 aliphatic rings. The van der Waals surface area contributed by atoms with E-state index in [0.717, 1.165) is 41.2 Å². The summed E-state index contributed by atoms with van der Waals surface area (Å²) in [5.41, 5.74) is 2.74. The zero-order valence-corrected chi connectivity index (χ0v) is 23.9. The van der Waals surface area contributed by atoms with Crippen molar-refractivity contribution < 1.29 is 24.1 Å². The zero-order valence-electron chi connectivity index (χ0n) is 22.4. The van der Waals surface area contributed by atoms with Crippen molar-refractivity contribution in [2.24, 2.45) is 5.92 Å². The maximum Gasteiger partial charge on any atom is 0.303 e. The fourth-order valence-electron chi connectivity index (χ4n) is 3.89. The van der Waals surface area contributed by atoms with Gasteiger partial charge < -0.3 is 19.3 Å². The molecule has 0 aliphatic heterocycles. The number of aromatic nitrogens is 2. The average Bonchev–Trinajstić information content (AvgIpc) is 3.21. The van der Waals surface area contributed by atoms with Crippen LogP contribution in [0.4, 0.5) is 0 Å². The van der Waals surface area contributed by atoms with Gasteiger partial charge in [0, 0.05) is 40.0 Å². The molecule has 1 aromatic heterocycles. The first kappa shape index (κ1) is 29.7. The Morgan fingerprint density at radius 1 is 1.00 bits per heavy atom. The molecular formula is C29H36Cl2N2O5. The second-order valence-electron chi connectivity index (χ2n) is 9.86. The van der Waals surface area contributed by atoms with Crippen LogP contribution in [0.2, 0.25) is 10.0 Å². The molecule has 0 saturated heterocycles. The summed E-state index contributed by atoms with van der Waals surface area (Å²) in [6, 6.07) is 13.1. The smallest absolute Gasteiger partial charge is 0.303 e. The molecule has 0 atom stereocenters. The van der Waals surface area contributed by atoms with Crippen LogP contribution in [0.5, 0.6) is 17.4 Å². The highest BCUT2D eigenvalue weighted by Crippen LogP contribution is 2.29. The molecule has 0 amide bonds. The Labute approximate surface area is 234 Å². The highest BCUT2D eigenvalue weighted by molar-refractivity contribution is 6.35. The van der Waals surface area contributed by atoms with Gasteiger partial charge in [0.05, 0.1) is 19.1 Å². The molecule has 0 aliphatic carbocycles. The van der Waals surface area contributed by atoms with Crippen molar-refractivity contribution in [3.8, 4) is 17.4 Å². The van der Waals surface area contributed by atoms with Crippen LogP contribution in [0.15, 0.2) is 42.5 Å². The summed E-state index contributed by atoms with van der Waals surface area (Å²) in [6.45, 7) is 9.63. The molecule has 7 nitrogen and oxygen atoms in total. The number of rotatable bonds is 15. The Balaban J connectivity index is 1.64. The maximum absolute atomic E-state index is 11.0. The van der Waals surface area contributed by atoms with E-state index in [-0.39, 0.29) is 12.5 Å². The van der Waals surface area contributed by atoms with Crippen LogP contribution >= 0.6 is 23.2 Å². The number of aryl methyl sites for hydroxylation is 2. The number of halogens is 2. The van der Waals surface area contributed by atoms with Gasteiger partial charge in [-0.15, -0.1) is 5.10 Å². The second kappa shape index (κ2) is 14.3. The Morgan fingerprint density at radius 2 is 1.76 bits per heavy atom. The predicted octanol–water partition coefficient (Wildman–Crippen LogP) is 7.24. The minimum atomic E-state index is -0.828. The van der Waals surface area contributed by atoms with Crippen LogP contribution in [0, 0.1) is 5.92 Å². The standard InChI is InChI=1S/C29H36Cl2N2O5/c1-19(2)17-33-24(10-12-29(34)35)15-28(32-33)36-13-5-6-21-8-11-25(38-20(3)4)16-27(21)37-18-22-7-9-23(30)14-26(22)31/h7-9,11,14-16,19-20H,5-6,10,12-13,17-18H2,1-4H3,(H,34,35). The Hall–Kier alpha value is -2.90. The highest BCUT2D eigenvalue weighted by Gasteiger charge is 2.13. The molecule has 3 rings (SSSR count). The molecule has 9 heteroatoms. The first-order chi connectivity index (χ1) is 18.1. The Kier molecular flexibility index (Phi) is 11.2. The summed E-state index contributed by atoms with van der Waals surface area (Å²) in [6.07, 6.45) is 1.99. The van der Waals surface area contributed by atoms with E-state index >= 15 is 0 Å². The number of benzene rings is 2. The molecule has 0 fully saturated rings. The van der Waals surface area contributed by atoms with Crippen LogP contribution in [0.3, 0.4) is 0 Å². The quantitative estimate of drug-likeness (QED) is 0.196. The third-order valence-electron chi connectivity index (χ3n) is 5.62. The van der Waals surface area contributed by atoms with Gasteiger partial charge in [-0.1, -0.05) is 49.2 Å².